The van der Waals surface area contributed by atoms with Crippen LogP contribution in [0.15, 0.2) is 49.3 Å². The third-order valence-electron chi connectivity index (χ3n) is 4.77. The predicted molar refractivity (Wildman–Crippen MR) is 103 cm³/mol. The van der Waals surface area contributed by atoms with Crippen molar-refractivity contribution in [2.75, 3.05) is 18.5 Å². The maximum atomic E-state index is 5.81. The number of ether oxygens (including phenoxy) is 1. The van der Waals surface area contributed by atoms with E-state index < -0.39 is 0 Å². The molecule has 0 saturated carbocycles. The van der Waals surface area contributed by atoms with Crippen LogP contribution in [0.4, 0.5) is 5.95 Å². The molecular formula is C20H24N6O. The highest BCUT2D eigenvalue weighted by Gasteiger charge is 2.31. The van der Waals surface area contributed by atoms with Crippen molar-refractivity contribution in [3.8, 4) is 11.4 Å². The van der Waals surface area contributed by atoms with Crippen molar-refractivity contribution in [2.45, 2.75) is 32.4 Å². The second-order valence-corrected chi connectivity index (χ2v) is 7.18. The molecule has 0 bridgehead atoms. The van der Waals surface area contributed by atoms with Gasteiger partial charge in [0.25, 0.3) is 0 Å². The summed E-state index contributed by atoms with van der Waals surface area (Å²) in [4.78, 5) is 17.5. The third kappa shape index (κ3) is 3.98. The van der Waals surface area contributed by atoms with E-state index >= 15 is 0 Å². The lowest BCUT2D eigenvalue weighted by molar-refractivity contribution is 0.181. The molecule has 7 heteroatoms. The van der Waals surface area contributed by atoms with Gasteiger partial charge < -0.3 is 14.6 Å². The normalized spacial score (nSPS) is 19.5. The molecule has 1 aliphatic heterocycles. The highest BCUT2D eigenvalue weighted by molar-refractivity contribution is 5.54. The molecule has 2 atom stereocenters. The van der Waals surface area contributed by atoms with Crippen LogP contribution in [0, 0.1) is 5.92 Å². The second kappa shape index (κ2) is 7.84. The van der Waals surface area contributed by atoms with Gasteiger partial charge >= 0.3 is 0 Å². The van der Waals surface area contributed by atoms with Crippen LogP contribution in [0.3, 0.4) is 0 Å². The molecule has 1 saturated heterocycles. The standard InChI is InChI=1S/C20H24N6O/c1-14(2)25-20-23-10-17(11-24-20)19-22-7-8-26(19)18-13-27-12-16(18)9-15-3-5-21-6-4-15/h3-8,10-11,14,16,18H,9,12-13H2,1-2H3,(H,23,24,25)/t16-,18-/m1/s1. The van der Waals surface area contributed by atoms with Gasteiger partial charge in [-0.1, -0.05) is 0 Å². The van der Waals surface area contributed by atoms with Crippen molar-refractivity contribution < 1.29 is 4.74 Å². The Morgan fingerprint density at radius 1 is 1.11 bits per heavy atom. The predicted octanol–water partition coefficient (Wildman–Crippen LogP) is 2.99. The molecule has 1 aliphatic rings. The number of imidazole rings is 1. The summed E-state index contributed by atoms with van der Waals surface area (Å²) in [6, 6.07) is 4.67. The lowest BCUT2D eigenvalue weighted by atomic mass is 9.95. The Morgan fingerprint density at radius 3 is 2.63 bits per heavy atom. The smallest absolute Gasteiger partial charge is 0.222 e. The average Bonchev–Trinajstić information content (AvgIpc) is 3.32. The number of hydrogen-bond donors (Lipinski definition) is 1. The van der Waals surface area contributed by atoms with Gasteiger partial charge in [0.1, 0.15) is 5.82 Å². The largest absolute Gasteiger partial charge is 0.379 e. The summed E-state index contributed by atoms with van der Waals surface area (Å²) in [6.45, 7) is 5.56. The van der Waals surface area contributed by atoms with Gasteiger partial charge in [-0.05, 0) is 38.0 Å². The number of rotatable bonds is 6. The zero-order valence-corrected chi connectivity index (χ0v) is 15.6. The molecule has 1 fully saturated rings. The summed E-state index contributed by atoms with van der Waals surface area (Å²) >= 11 is 0. The molecule has 0 aromatic carbocycles. The summed E-state index contributed by atoms with van der Waals surface area (Å²) in [5.41, 5.74) is 2.18. The van der Waals surface area contributed by atoms with E-state index in [0.29, 0.717) is 24.5 Å². The highest BCUT2D eigenvalue weighted by atomic mass is 16.5. The van der Waals surface area contributed by atoms with Gasteiger partial charge in [-0.15, -0.1) is 0 Å². The van der Waals surface area contributed by atoms with Gasteiger partial charge in [0.15, 0.2) is 0 Å². The van der Waals surface area contributed by atoms with Crippen molar-refractivity contribution in [2.24, 2.45) is 5.92 Å². The fraction of sp³-hybridized carbons (Fsp3) is 0.400. The molecule has 3 aromatic rings. The first kappa shape index (κ1) is 17.6. The lowest BCUT2D eigenvalue weighted by Crippen LogP contribution is -2.20. The van der Waals surface area contributed by atoms with Gasteiger partial charge in [-0.3, -0.25) is 4.98 Å². The average molecular weight is 364 g/mol. The number of anilines is 1. The van der Waals surface area contributed by atoms with Crippen LogP contribution in [0.5, 0.6) is 0 Å². The Labute approximate surface area is 158 Å². The van der Waals surface area contributed by atoms with Gasteiger partial charge in [-0.25, -0.2) is 15.0 Å². The maximum Gasteiger partial charge on any atom is 0.222 e. The molecule has 4 heterocycles. The Balaban J connectivity index is 1.55. The van der Waals surface area contributed by atoms with Crippen LogP contribution in [0.2, 0.25) is 0 Å². The lowest BCUT2D eigenvalue weighted by Gasteiger charge is -2.21. The highest BCUT2D eigenvalue weighted by Crippen LogP contribution is 2.32. The fourth-order valence-corrected chi connectivity index (χ4v) is 3.49. The van der Waals surface area contributed by atoms with Crippen LogP contribution in [-0.2, 0) is 11.2 Å². The number of nitrogens with zero attached hydrogens (tertiary/aromatic N) is 5. The van der Waals surface area contributed by atoms with Gasteiger partial charge in [0, 0.05) is 49.1 Å². The van der Waals surface area contributed by atoms with E-state index in [2.05, 4.69) is 55.8 Å². The number of pyridine rings is 1. The zero-order chi connectivity index (χ0) is 18.6. The van der Waals surface area contributed by atoms with Gasteiger partial charge in [0.05, 0.1) is 24.8 Å². The third-order valence-corrected chi connectivity index (χ3v) is 4.77. The monoisotopic (exact) mass is 364 g/mol. The van der Waals surface area contributed by atoms with Crippen LogP contribution in [0.1, 0.15) is 25.5 Å². The minimum atomic E-state index is 0.240. The molecule has 0 amide bonds. The number of nitrogens with one attached hydrogen (secondary N) is 1. The summed E-state index contributed by atoms with van der Waals surface area (Å²) in [6.07, 6.45) is 12.1. The van der Waals surface area contributed by atoms with E-state index in [1.807, 2.05) is 37.2 Å². The first-order valence-corrected chi connectivity index (χ1v) is 9.29. The zero-order valence-electron chi connectivity index (χ0n) is 15.6. The van der Waals surface area contributed by atoms with Crippen LogP contribution in [0.25, 0.3) is 11.4 Å². The summed E-state index contributed by atoms with van der Waals surface area (Å²) in [5.74, 6) is 1.90. The first-order chi connectivity index (χ1) is 13.2. The van der Waals surface area contributed by atoms with Gasteiger partial charge in [0.2, 0.25) is 5.95 Å². The molecule has 0 radical (unpaired) electrons. The minimum absolute atomic E-state index is 0.240. The van der Waals surface area contributed by atoms with Crippen molar-refractivity contribution in [3.05, 3.63) is 54.9 Å². The minimum Gasteiger partial charge on any atom is -0.379 e. The van der Waals surface area contributed by atoms with Crippen molar-refractivity contribution >= 4 is 5.95 Å². The summed E-state index contributed by atoms with van der Waals surface area (Å²) in [5, 5.41) is 3.21. The number of hydrogen-bond acceptors (Lipinski definition) is 6. The number of aromatic nitrogens is 5. The van der Waals surface area contributed by atoms with E-state index in [9.17, 15) is 0 Å². The Hall–Kier alpha value is -2.80. The van der Waals surface area contributed by atoms with Crippen molar-refractivity contribution in [3.63, 3.8) is 0 Å². The van der Waals surface area contributed by atoms with E-state index in [4.69, 9.17) is 4.74 Å². The Kier molecular flexibility index (Phi) is 5.11. The van der Waals surface area contributed by atoms with E-state index in [0.717, 1.165) is 24.4 Å². The summed E-state index contributed by atoms with van der Waals surface area (Å²) < 4.78 is 8.02. The van der Waals surface area contributed by atoms with Crippen molar-refractivity contribution in [1.82, 2.24) is 24.5 Å². The molecule has 0 aliphatic carbocycles. The molecule has 3 aromatic heterocycles. The molecule has 1 N–H and O–H groups in total. The van der Waals surface area contributed by atoms with Crippen LogP contribution >= 0.6 is 0 Å². The van der Waals surface area contributed by atoms with E-state index in [1.165, 1.54) is 5.56 Å². The topological polar surface area (TPSA) is 77.8 Å². The quantitative estimate of drug-likeness (QED) is 0.724. The molecule has 7 nitrogen and oxygen atoms in total. The first-order valence-electron chi connectivity index (χ1n) is 9.29. The maximum absolute atomic E-state index is 5.81. The van der Waals surface area contributed by atoms with E-state index in [-0.39, 0.29) is 6.04 Å². The summed E-state index contributed by atoms with van der Waals surface area (Å²) in [7, 11) is 0. The molecule has 4 rings (SSSR count). The molecule has 0 unspecified atom stereocenters. The van der Waals surface area contributed by atoms with Crippen LogP contribution in [-0.4, -0.2) is 43.8 Å². The SMILES string of the molecule is CC(C)Nc1ncc(-c2nccn2[C@@H]2COC[C@H]2Cc2ccncc2)cn1. The molecule has 140 valence electrons. The molecule has 27 heavy (non-hydrogen) atoms. The van der Waals surface area contributed by atoms with Gasteiger partial charge in [-0.2, -0.15) is 0 Å². The Morgan fingerprint density at radius 2 is 1.89 bits per heavy atom. The van der Waals surface area contributed by atoms with Crippen molar-refractivity contribution in [1.29, 1.82) is 0 Å². The molecular weight excluding hydrogens is 340 g/mol. The fourth-order valence-electron chi connectivity index (χ4n) is 3.49. The van der Waals surface area contributed by atoms with E-state index in [1.54, 1.807) is 0 Å². The second-order valence-electron chi connectivity index (χ2n) is 7.18. The molecule has 0 spiro atoms. The Bertz CT molecular complexity index is 862. The van der Waals surface area contributed by atoms with Crippen LogP contribution < -0.4 is 5.32 Å².